The third-order valence-electron chi connectivity index (χ3n) is 5.10. The molecule has 0 saturated heterocycles. The number of nitrogens with one attached hydrogen (secondary N) is 1. The Bertz CT molecular complexity index is 1230. The fourth-order valence-corrected chi connectivity index (χ4v) is 3.31. The predicted octanol–water partition coefficient (Wildman–Crippen LogP) is 5.54. The van der Waals surface area contributed by atoms with E-state index in [1.54, 1.807) is 24.3 Å². The second-order valence-corrected chi connectivity index (χ2v) is 7.25. The average molecular weight is 480 g/mol. The number of hydrogen-bond acceptors (Lipinski definition) is 7. The minimum absolute atomic E-state index is 0.0473. The molecular formula is C27H26FNO6. The van der Waals surface area contributed by atoms with Crippen LogP contribution in [0, 0.1) is 5.82 Å². The molecule has 3 rings (SSSR count). The highest BCUT2D eigenvalue weighted by Crippen LogP contribution is 2.39. The summed E-state index contributed by atoms with van der Waals surface area (Å²) in [6, 6.07) is 12.0. The van der Waals surface area contributed by atoms with Crippen molar-refractivity contribution >= 4 is 23.6 Å². The average Bonchev–Trinajstić information content (AvgIpc) is 2.87. The maximum absolute atomic E-state index is 13.1. The van der Waals surface area contributed by atoms with Crippen molar-refractivity contribution in [3.8, 4) is 28.7 Å². The molecule has 3 aromatic rings. The summed E-state index contributed by atoms with van der Waals surface area (Å²) in [5.74, 6) is 0.993. The van der Waals surface area contributed by atoms with Crippen LogP contribution in [0.4, 0.5) is 10.1 Å². The summed E-state index contributed by atoms with van der Waals surface area (Å²) in [6.45, 7) is 0. The van der Waals surface area contributed by atoms with E-state index in [1.165, 1.54) is 71.0 Å². The number of aromatic hydroxyl groups is 1. The van der Waals surface area contributed by atoms with Crippen LogP contribution in [0.5, 0.6) is 28.7 Å². The number of rotatable bonds is 10. The van der Waals surface area contributed by atoms with E-state index in [1.807, 2.05) is 6.08 Å². The van der Waals surface area contributed by atoms with Gasteiger partial charge in [-0.3, -0.25) is 4.79 Å². The van der Waals surface area contributed by atoms with Gasteiger partial charge < -0.3 is 29.4 Å². The number of phenols is 1. The Morgan fingerprint density at radius 1 is 0.857 bits per heavy atom. The normalized spacial score (nSPS) is 11.0. The highest BCUT2D eigenvalue weighted by Gasteiger charge is 2.13. The van der Waals surface area contributed by atoms with E-state index in [0.29, 0.717) is 34.1 Å². The zero-order valence-electron chi connectivity index (χ0n) is 19.8. The largest absolute Gasteiger partial charge is 0.504 e. The van der Waals surface area contributed by atoms with Crippen molar-refractivity contribution in [3.05, 3.63) is 83.3 Å². The molecule has 2 N–H and O–H groups in total. The molecule has 0 aliphatic rings. The number of hydrogen-bond donors (Lipinski definition) is 2. The summed E-state index contributed by atoms with van der Waals surface area (Å²) in [6.07, 6.45) is 6.38. The third-order valence-corrected chi connectivity index (χ3v) is 5.10. The van der Waals surface area contributed by atoms with Crippen molar-refractivity contribution in [3.63, 3.8) is 0 Å². The number of methoxy groups -OCH3 is 4. The second kappa shape index (κ2) is 11.6. The van der Waals surface area contributed by atoms with E-state index in [0.717, 1.165) is 5.56 Å². The van der Waals surface area contributed by atoms with E-state index in [2.05, 4.69) is 5.32 Å². The van der Waals surface area contributed by atoms with Gasteiger partial charge in [-0.05, 0) is 48.0 Å². The monoisotopic (exact) mass is 479 g/mol. The molecule has 35 heavy (non-hydrogen) atoms. The lowest BCUT2D eigenvalue weighted by Gasteiger charge is -2.13. The molecule has 0 fully saturated rings. The Labute approximate surface area is 203 Å². The van der Waals surface area contributed by atoms with Crippen LogP contribution in [0.3, 0.4) is 0 Å². The van der Waals surface area contributed by atoms with Gasteiger partial charge in [-0.2, -0.15) is 0 Å². The van der Waals surface area contributed by atoms with E-state index in [-0.39, 0.29) is 17.3 Å². The first-order chi connectivity index (χ1) is 16.9. The van der Waals surface area contributed by atoms with E-state index < -0.39 is 5.82 Å². The van der Waals surface area contributed by atoms with Crippen LogP contribution in [-0.4, -0.2) is 39.3 Å². The van der Waals surface area contributed by atoms with Crippen LogP contribution < -0.4 is 24.3 Å². The van der Waals surface area contributed by atoms with Crippen molar-refractivity contribution in [2.75, 3.05) is 33.8 Å². The van der Waals surface area contributed by atoms with Gasteiger partial charge in [0.15, 0.2) is 28.8 Å². The fraction of sp³-hybridized carbons (Fsp3) is 0.148. The zero-order chi connectivity index (χ0) is 25.4. The van der Waals surface area contributed by atoms with Crippen LogP contribution in [0.2, 0.25) is 0 Å². The molecule has 0 radical (unpaired) electrons. The molecule has 8 heteroatoms. The van der Waals surface area contributed by atoms with Crippen LogP contribution >= 0.6 is 0 Å². The fourth-order valence-electron chi connectivity index (χ4n) is 3.31. The molecule has 0 spiro atoms. The minimum Gasteiger partial charge on any atom is -0.504 e. The van der Waals surface area contributed by atoms with Gasteiger partial charge >= 0.3 is 0 Å². The first-order valence-electron chi connectivity index (χ1n) is 10.5. The molecule has 0 bridgehead atoms. The van der Waals surface area contributed by atoms with Crippen molar-refractivity contribution in [1.82, 2.24) is 0 Å². The number of halogens is 1. The maximum Gasteiger partial charge on any atom is 0.203 e. The molecule has 0 aromatic heterocycles. The number of ether oxygens (including phenoxy) is 4. The minimum atomic E-state index is -0.414. The van der Waals surface area contributed by atoms with Gasteiger partial charge in [0.25, 0.3) is 0 Å². The van der Waals surface area contributed by atoms with E-state index in [9.17, 15) is 14.3 Å². The van der Waals surface area contributed by atoms with Crippen LogP contribution in [0.15, 0.2) is 60.8 Å². The second-order valence-electron chi connectivity index (χ2n) is 7.25. The van der Waals surface area contributed by atoms with Crippen molar-refractivity contribution in [2.24, 2.45) is 0 Å². The molecular weight excluding hydrogens is 453 g/mol. The number of carbonyl (C=O) groups is 1. The SMILES string of the molecule is COc1cc(N/C=C\C(=O)c2ccc(F)cc2)c(/C=C\c2cc(OC)c(OC)c(OC)c2)cc1O. The highest BCUT2D eigenvalue weighted by atomic mass is 19.1. The molecule has 0 saturated carbocycles. The number of allylic oxidation sites excluding steroid dienone is 1. The van der Waals surface area contributed by atoms with Gasteiger partial charge in [0.2, 0.25) is 5.75 Å². The van der Waals surface area contributed by atoms with Crippen LogP contribution in [-0.2, 0) is 0 Å². The van der Waals surface area contributed by atoms with Gasteiger partial charge in [-0.15, -0.1) is 0 Å². The molecule has 0 unspecified atom stereocenters. The lowest BCUT2D eigenvalue weighted by Crippen LogP contribution is -1.98. The highest BCUT2D eigenvalue weighted by molar-refractivity contribution is 6.04. The summed E-state index contributed by atoms with van der Waals surface area (Å²) in [7, 11) is 6.04. The quantitative estimate of drug-likeness (QED) is 0.171. The number of phenolic OH excluding ortho intramolecular Hbond substituents is 1. The Morgan fingerprint density at radius 2 is 1.49 bits per heavy atom. The van der Waals surface area contributed by atoms with Crippen LogP contribution in [0.25, 0.3) is 12.2 Å². The Morgan fingerprint density at radius 3 is 2.06 bits per heavy atom. The van der Waals surface area contributed by atoms with Crippen molar-refractivity contribution < 1.29 is 33.2 Å². The first kappa shape index (κ1) is 25.2. The predicted molar refractivity (Wildman–Crippen MR) is 133 cm³/mol. The zero-order valence-corrected chi connectivity index (χ0v) is 19.8. The van der Waals surface area contributed by atoms with E-state index >= 15 is 0 Å². The summed E-state index contributed by atoms with van der Waals surface area (Å²) >= 11 is 0. The van der Waals surface area contributed by atoms with Gasteiger partial charge in [0.1, 0.15) is 5.82 Å². The molecule has 0 amide bonds. The Kier molecular flexibility index (Phi) is 8.34. The first-order valence-corrected chi connectivity index (χ1v) is 10.5. The molecule has 0 aliphatic heterocycles. The van der Waals surface area contributed by atoms with Gasteiger partial charge in [0.05, 0.1) is 28.4 Å². The smallest absolute Gasteiger partial charge is 0.203 e. The summed E-state index contributed by atoms with van der Waals surface area (Å²) in [4.78, 5) is 12.3. The number of anilines is 1. The maximum atomic E-state index is 13.1. The van der Waals surface area contributed by atoms with Gasteiger partial charge in [0, 0.05) is 35.2 Å². The third kappa shape index (κ3) is 6.11. The summed E-state index contributed by atoms with van der Waals surface area (Å²) in [5, 5.41) is 13.3. The molecule has 7 nitrogen and oxygen atoms in total. The Balaban J connectivity index is 1.90. The summed E-state index contributed by atoms with van der Waals surface area (Å²) < 4.78 is 34.4. The molecule has 3 aromatic carbocycles. The molecule has 0 heterocycles. The lowest BCUT2D eigenvalue weighted by atomic mass is 10.1. The van der Waals surface area contributed by atoms with Gasteiger partial charge in [-0.25, -0.2) is 4.39 Å². The number of carbonyl (C=O) groups excluding carboxylic acids is 1. The lowest BCUT2D eigenvalue weighted by molar-refractivity contribution is 0.104. The summed E-state index contributed by atoms with van der Waals surface area (Å²) in [5.41, 5.74) is 2.32. The van der Waals surface area contributed by atoms with Gasteiger partial charge in [-0.1, -0.05) is 12.2 Å². The standard InChI is InChI=1S/C27H26FNO6/c1-32-24-16-21(29-12-11-22(30)18-7-9-20(28)10-8-18)19(15-23(24)31)6-5-17-13-25(33-2)27(35-4)26(14-17)34-3/h5-16,29,31H,1-4H3/b6-5-,12-11-. The molecule has 0 aliphatic carbocycles. The number of benzene rings is 3. The molecule has 182 valence electrons. The van der Waals surface area contributed by atoms with Crippen molar-refractivity contribution in [2.45, 2.75) is 0 Å². The topological polar surface area (TPSA) is 86.3 Å². The van der Waals surface area contributed by atoms with Crippen LogP contribution in [0.1, 0.15) is 21.5 Å². The Hall–Kier alpha value is -4.46. The number of ketones is 1. The molecule has 0 atom stereocenters. The van der Waals surface area contributed by atoms with Crippen molar-refractivity contribution in [1.29, 1.82) is 0 Å². The van der Waals surface area contributed by atoms with E-state index in [4.69, 9.17) is 18.9 Å².